The molecule has 3 N–H and O–H groups in total. The maximum atomic E-state index is 12.5. The van der Waals surface area contributed by atoms with Gasteiger partial charge < -0.3 is 15.7 Å². The predicted octanol–water partition coefficient (Wildman–Crippen LogP) is 1.80. The lowest BCUT2D eigenvalue weighted by molar-refractivity contribution is -0.136. The van der Waals surface area contributed by atoms with E-state index in [-0.39, 0.29) is 24.1 Å². The zero-order valence-corrected chi connectivity index (χ0v) is 11.9. The topological polar surface area (TPSA) is 66.6 Å². The van der Waals surface area contributed by atoms with Crippen LogP contribution in [0.4, 0.5) is 0 Å². The van der Waals surface area contributed by atoms with Crippen molar-refractivity contribution in [1.82, 2.24) is 4.90 Å². The van der Waals surface area contributed by atoms with Gasteiger partial charge in [0.1, 0.15) is 0 Å². The molecule has 1 unspecified atom stereocenters. The van der Waals surface area contributed by atoms with Crippen LogP contribution in [0.2, 0.25) is 0 Å². The molecule has 1 aliphatic carbocycles. The van der Waals surface area contributed by atoms with Gasteiger partial charge in [0.15, 0.2) is 0 Å². The van der Waals surface area contributed by atoms with Crippen molar-refractivity contribution < 1.29 is 9.90 Å². The van der Waals surface area contributed by atoms with Crippen molar-refractivity contribution in [2.24, 2.45) is 5.73 Å². The van der Waals surface area contributed by atoms with Gasteiger partial charge in [0, 0.05) is 31.2 Å². The Kier molecular flexibility index (Phi) is 5.22. The van der Waals surface area contributed by atoms with Crippen LogP contribution >= 0.6 is 0 Å². The Hall–Kier alpha value is -0.610. The lowest BCUT2D eigenvalue weighted by Crippen LogP contribution is -2.50. The van der Waals surface area contributed by atoms with Crippen molar-refractivity contribution in [1.29, 1.82) is 0 Å². The summed E-state index contributed by atoms with van der Waals surface area (Å²) in [5.74, 6) is 0.211. The molecule has 0 radical (unpaired) electrons. The molecule has 2 aliphatic rings. The summed E-state index contributed by atoms with van der Waals surface area (Å²) in [4.78, 5) is 14.5. The van der Waals surface area contributed by atoms with Gasteiger partial charge in [-0.3, -0.25) is 4.79 Å². The summed E-state index contributed by atoms with van der Waals surface area (Å²) in [6, 6.07) is 0.235. The first-order valence-electron chi connectivity index (χ1n) is 7.84. The van der Waals surface area contributed by atoms with Crippen LogP contribution in [0.1, 0.15) is 64.2 Å². The molecule has 4 nitrogen and oxygen atoms in total. The van der Waals surface area contributed by atoms with Crippen LogP contribution in [0.25, 0.3) is 0 Å². The fraction of sp³-hybridized carbons (Fsp3) is 0.933. The highest BCUT2D eigenvalue weighted by atomic mass is 16.3. The number of carbonyl (C=O) groups is 1. The first-order valence-corrected chi connectivity index (χ1v) is 7.84. The number of piperidine rings is 1. The number of carbonyl (C=O) groups excluding carboxylic acids is 1. The number of likely N-dealkylation sites (tertiary alicyclic amines) is 1. The normalized spacial score (nSPS) is 27.3. The van der Waals surface area contributed by atoms with Crippen LogP contribution in [0.5, 0.6) is 0 Å². The number of aliphatic hydroxyl groups is 1. The van der Waals surface area contributed by atoms with Crippen LogP contribution in [0.3, 0.4) is 0 Å². The van der Waals surface area contributed by atoms with E-state index in [1.807, 2.05) is 4.90 Å². The molecule has 0 bridgehead atoms. The quantitative estimate of drug-likeness (QED) is 0.817. The number of nitrogens with zero attached hydrogens (tertiary/aromatic N) is 1. The van der Waals surface area contributed by atoms with Crippen molar-refractivity contribution in [3.8, 4) is 0 Å². The van der Waals surface area contributed by atoms with Crippen molar-refractivity contribution >= 4 is 5.91 Å². The van der Waals surface area contributed by atoms with Gasteiger partial charge in [-0.05, 0) is 38.5 Å². The molecular weight excluding hydrogens is 240 g/mol. The lowest BCUT2D eigenvalue weighted by Gasteiger charge is -2.39. The molecular formula is C15H28N2O2. The van der Waals surface area contributed by atoms with Gasteiger partial charge in [0.25, 0.3) is 0 Å². The van der Waals surface area contributed by atoms with E-state index in [1.54, 1.807) is 0 Å². The highest BCUT2D eigenvalue weighted by Gasteiger charge is 2.34. The number of hydrogen-bond donors (Lipinski definition) is 2. The molecule has 1 saturated heterocycles. The van der Waals surface area contributed by atoms with E-state index in [0.29, 0.717) is 12.8 Å². The van der Waals surface area contributed by atoms with E-state index >= 15 is 0 Å². The Morgan fingerprint density at radius 1 is 1.21 bits per heavy atom. The van der Waals surface area contributed by atoms with E-state index in [4.69, 9.17) is 10.8 Å². The van der Waals surface area contributed by atoms with Gasteiger partial charge in [-0.2, -0.15) is 0 Å². The maximum Gasteiger partial charge on any atom is 0.224 e. The summed E-state index contributed by atoms with van der Waals surface area (Å²) < 4.78 is 0. The molecule has 1 saturated carbocycles. The number of aliphatic hydroxyl groups excluding tert-OH is 1. The fourth-order valence-electron chi connectivity index (χ4n) is 3.61. The largest absolute Gasteiger partial charge is 0.396 e. The van der Waals surface area contributed by atoms with Crippen molar-refractivity contribution in [3.63, 3.8) is 0 Å². The zero-order valence-electron chi connectivity index (χ0n) is 11.9. The van der Waals surface area contributed by atoms with Crippen molar-refractivity contribution in [2.45, 2.75) is 75.8 Å². The van der Waals surface area contributed by atoms with Gasteiger partial charge in [-0.15, -0.1) is 0 Å². The molecule has 1 atom stereocenters. The van der Waals surface area contributed by atoms with Crippen LogP contribution in [-0.2, 0) is 4.79 Å². The minimum atomic E-state index is -0.267. The Balaban J connectivity index is 1.93. The predicted molar refractivity (Wildman–Crippen MR) is 75.7 cm³/mol. The average molecular weight is 268 g/mol. The molecule has 2 fully saturated rings. The van der Waals surface area contributed by atoms with Gasteiger partial charge in [-0.25, -0.2) is 0 Å². The fourth-order valence-corrected chi connectivity index (χ4v) is 3.61. The molecule has 0 spiro atoms. The number of hydrogen-bond acceptors (Lipinski definition) is 3. The Labute approximate surface area is 116 Å². The smallest absolute Gasteiger partial charge is 0.224 e. The van der Waals surface area contributed by atoms with Crippen molar-refractivity contribution in [2.75, 3.05) is 13.2 Å². The second-order valence-corrected chi connectivity index (χ2v) is 6.35. The second-order valence-electron chi connectivity index (χ2n) is 6.35. The Morgan fingerprint density at radius 2 is 1.95 bits per heavy atom. The first kappa shape index (κ1) is 14.8. The molecule has 110 valence electrons. The second kappa shape index (κ2) is 6.71. The lowest BCUT2D eigenvalue weighted by atomic mass is 9.79. The molecule has 19 heavy (non-hydrogen) atoms. The minimum Gasteiger partial charge on any atom is -0.396 e. The van der Waals surface area contributed by atoms with Gasteiger partial charge in [0.2, 0.25) is 5.91 Å². The summed E-state index contributed by atoms with van der Waals surface area (Å²) in [6.07, 6.45) is 10.0. The van der Waals surface area contributed by atoms with Gasteiger partial charge >= 0.3 is 0 Å². The Morgan fingerprint density at radius 3 is 2.63 bits per heavy atom. The highest BCUT2D eigenvalue weighted by Crippen LogP contribution is 2.30. The molecule has 0 aromatic rings. The van der Waals surface area contributed by atoms with E-state index < -0.39 is 0 Å². The third-order valence-electron chi connectivity index (χ3n) is 4.76. The van der Waals surface area contributed by atoms with Crippen LogP contribution in [0, 0.1) is 0 Å². The molecule has 1 heterocycles. The minimum absolute atomic E-state index is 0.169. The molecule has 4 heteroatoms. The first-order chi connectivity index (χ1) is 9.14. The van der Waals surface area contributed by atoms with Crippen LogP contribution in [-0.4, -0.2) is 40.6 Å². The maximum absolute atomic E-state index is 12.5. The summed E-state index contributed by atoms with van der Waals surface area (Å²) in [6.45, 7) is 1.02. The molecule has 1 aliphatic heterocycles. The van der Waals surface area contributed by atoms with E-state index in [0.717, 1.165) is 45.1 Å². The summed E-state index contributed by atoms with van der Waals surface area (Å²) in [5.41, 5.74) is 6.12. The zero-order chi connectivity index (χ0) is 13.7. The monoisotopic (exact) mass is 268 g/mol. The van der Waals surface area contributed by atoms with Gasteiger partial charge in [-0.1, -0.05) is 19.3 Å². The van der Waals surface area contributed by atoms with E-state index in [1.165, 1.54) is 12.8 Å². The molecule has 0 aromatic carbocycles. The average Bonchev–Trinajstić information content (AvgIpc) is 2.40. The molecule has 2 rings (SSSR count). The van der Waals surface area contributed by atoms with Gasteiger partial charge in [0.05, 0.1) is 0 Å². The molecule has 0 aromatic heterocycles. The molecule has 1 amide bonds. The third-order valence-corrected chi connectivity index (χ3v) is 4.76. The number of nitrogens with two attached hydrogens (primary N) is 1. The number of amides is 1. The Bertz CT molecular complexity index is 299. The standard InChI is InChI=1S/C15H28N2O2/c16-15(8-3-1-4-9-15)12-14(19)17-10-5-2-6-13(17)7-11-18/h13,18H,1-12,16H2. The summed E-state index contributed by atoms with van der Waals surface area (Å²) in [5, 5.41) is 9.13. The van der Waals surface area contributed by atoms with Crippen LogP contribution < -0.4 is 5.73 Å². The summed E-state index contributed by atoms with van der Waals surface area (Å²) >= 11 is 0. The van der Waals surface area contributed by atoms with E-state index in [9.17, 15) is 4.79 Å². The third kappa shape index (κ3) is 3.93. The van der Waals surface area contributed by atoms with Crippen molar-refractivity contribution in [3.05, 3.63) is 0 Å². The highest BCUT2D eigenvalue weighted by molar-refractivity contribution is 5.78. The SMILES string of the molecule is NC1(CC(=O)N2CCCCC2CCO)CCCCC1. The van der Waals surface area contributed by atoms with E-state index in [2.05, 4.69) is 0 Å². The van der Waals surface area contributed by atoms with Crippen LogP contribution in [0.15, 0.2) is 0 Å². The number of rotatable bonds is 4. The summed E-state index contributed by atoms with van der Waals surface area (Å²) in [7, 11) is 0.